The SMILES string of the molecule is COCCn1cc(Nc2ncc(Cl)c(-c3ccccc3C(=O)OC)n2)cn1. The van der Waals surface area contributed by atoms with Gasteiger partial charge in [0.05, 0.1) is 54.6 Å². The lowest BCUT2D eigenvalue weighted by atomic mass is 10.0. The molecule has 0 aliphatic carbocycles. The van der Waals surface area contributed by atoms with Gasteiger partial charge < -0.3 is 14.8 Å². The van der Waals surface area contributed by atoms with E-state index in [-0.39, 0.29) is 0 Å². The highest BCUT2D eigenvalue weighted by atomic mass is 35.5. The molecule has 0 radical (unpaired) electrons. The highest BCUT2D eigenvalue weighted by Crippen LogP contribution is 2.30. The first kappa shape index (κ1) is 18.8. The summed E-state index contributed by atoms with van der Waals surface area (Å²) >= 11 is 6.28. The predicted molar refractivity (Wildman–Crippen MR) is 101 cm³/mol. The fraction of sp³-hybridized carbons (Fsp3) is 0.222. The van der Waals surface area contributed by atoms with Crippen LogP contribution in [0.2, 0.25) is 5.02 Å². The third-order valence-corrected chi connectivity index (χ3v) is 4.02. The Morgan fingerprint density at radius 3 is 2.85 bits per heavy atom. The van der Waals surface area contributed by atoms with Crippen molar-refractivity contribution in [2.75, 3.05) is 26.1 Å². The van der Waals surface area contributed by atoms with Gasteiger partial charge in [0.1, 0.15) is 0 Å². The van der Waals surface area contributed by atoms with Crippen LogP contribution in [0.5, 0.6) is 0 Å². The van der Waals surface area contributed by atoms with Crippen LogP contribution in [0.3, 0.4) is 0 Å². The van der Waals surface area contributed by atoms with Gasteiger partial charge in [-0.05, 0) is 6.07 Å². The maximum Gasteiger partial charge on any atom is 0.338 e. The summed E-state index contributed by atoms with van der Waals surface area (Å²) in [5, 5.41) is 7.63. The van der Waals surface area contributed by atoms with E-state index in [4.69, 9.17) is 21.1 Å². The summed E-state index contributed by atoms with van der Waals surface area (Å²) in [6, 6.07) is 6.96. The average Bonchev–Trinajstić information content (AvgIpc) is 3.14. The molecule has 0 fully saturated rings. The minimum Gasteiger partial charge on any atom is -0.465 e. The molecule has 140 valence electrons. The minimum atomic E-state index is -0.464. The standard InChI is InChI=1S/C18H18ClN5O3/c1-26-8-7-24-11-12(9-21-24)22-18-20-10-15(19)16(23-18)13-5-3-4-6-14(13)17(25)27-2/h3-6,9-11H,7-8H2,1-2H3,(H,20,22,23). The first-order chi connectivity index (χ1) is 13.1. The third-order valence-electron chi connectivity index (χ3n) is 3.75. The second-order valence-electron chi connectivity index (χ2n) is 5.54. The van der Waals surface area contributed by atoms with Crippen LogP contribution in [-0.4, -0.2) is 46.5 Å². The van der Waals surface area contributed by atoms with E-state index < -0.39 is 5.97 Å². The van der Waals surface area contributed by atoms with Crippen LogP contribution in [0.15, 0.2) is 42.9 Å². The van der Waals surface area contributed by atoms with E-state index in [2.05, 4.69) is 20.4 Å². The number of nitrogens with one attached hydrogen (secondary N) is 1. The number of hydrogen-bond donors (Lipinski definition) is 1. The molecule has 2 aromatic heterocycles. The maximum absolute atomic E-state index is 12.0. The lowest BCUT2D eigenvalue weighted by Gasteiger charge is -2.10. The molecule has 0 aliphatic rings. The topological polar surface area (TPSA) is 91.2 Å². The third kappa shape index (κ3) is 4.42. The summed E-state index contributed by atoms with van der Waals surface area (Å²) < 4.78 is 11.6. The van der Waals surface area contributed by atoms with Crippen LogP contribution in [0.4, 0.5) is 11.6 Å². The number of methoxy groups -OCH3 is 2. The van der Waals surface area contributed by atoms with Gasteiger partial charge >= 0.3 is 5.97 Å². The molecule has 0 atom stereocenters. The zero-order valence-corrected chi connectivity index (χ0v) is 15.6. The van der Waals surface area contributed by atoms with Crippen molar-refractivity contribution in [1.82, 2.24) is 19.7 Å². The van der Waals surface area contributed by atoms with Gasteiger partial charge in [0, 0.05) is 18.9 Å². The molecule has 1 N–H and O–H groups in total. The maximum atomic E-state index is 12.0. The number of carbonyl (C=O) groups excluding carboxylic acids is 1. The van der Waals surface area contributed by atoms with Crippen LogP contribution < -0.4 is 5.32 Å². The van der Waals surface area contributed by atoms with Crippen LogP contribution in [-0.2, 0) is 16.0 Å². The summed E-state index contributed by atoms with van der Waals surface area (Å²) in [4.78, 5) is 20.7. The van der Waals surface area contributed by atoms with Crippen molar-refractivity contribution in [2.24, 2.45) is 0 Å². The van der Waals surface area contributed by atoms with Gasteiger partial charge in [0.15, 0.2) is 0 Å². The summed E-state index contributed by atoms with van der Waals surface area (Å²) in [5.74, 6) is -0.130. The molecule has 0 unspecified atom stereocenters. The van der Waals surface area contributed by atoms with Gasteiger partial charge in [0.2, 0.25) is 5.95 Å². The molecular weight excluding hydrogens is 370 g/mol. The Morgan fingerprint density at radius 2 is 2.07 bits per heavy atom. The largest absolute Gasteiger partial charge is 0.465 e. The van der Waals surface area contributed by atoms with E-state index in [0.29, 0.717) is 40.9 Å². The summed E-state index contributed by atoms with van der Waals surface area (Å²) in [7, 11) is 2.97. The van der Waals surface area contributed by atoms with Crippen LogP contribution in [0, 0.1) is 0 Å². The number of ether oxygens (including phenoxy) is 2. The smallest absolute Gasteiger partial charge is 0.338 e. The molecule has 27 heavy (non-hydrogen) atoms. The number of benzene rings is 1. The second kappa shape index (κ2) is 8.61. The molecule has 0 spiro atoms. The van der Waals surface area contributed by atoms with Gasteiger partial charge in [-0.15, -0.1) is 0 Å². The molecule has 0 saturated carbocycles. The molecule has 0 saturated heterocycles. The zero-order valence-electron chi connectivity index (χ0n) is 14.8. The molecule has 0 bridgehead atoms. The van der Waals surface area contributed by atoms with Gasteiger partial charge in [-0.25, -0.2) is 14.8 Å². The molecule has 9 heteroatoms. The Balaban J connectivity index is 1.89. The Kier molecular flexibility index (Phi) is 6.00. The van der Waals surface area contributed by atoms with Crippen molar-refractivity contribution in [3.8, 4) is 11.3 Å². The Labute approximate surface area is 161 Å². The van der Waals surface area contributed by atoms with Crippen LogP contribution in [0.1, 0.15) is 10.4 Å². The molecule has 0 aliphatic heterocycles. The van der Waals surface area contributed by atoms with Gasteiger partial charge in [-0.1, -0.05) is 29.8 Å². The van der Waals surface area contributed by atoms with Gasteiger partial charge in [0.25, 0.3) is 0 Å². The number of carbonyl (C=O) groups is 1. The van der Waals surface area contributed by atoms with E-state index in [9.17, 15) is 4.79 Å². The van der Waals surface area contributed by atoms with E-state index in [1.165, 1.54) is 13.3 Å². The lowest BCUT2D eigenvalue weighted by molar-refractivity contribution is 0.0601. The summed E-state index contributed by atoms with van der Waals surface area (Å²) in [6.45, 7) is 1.20. The van der Waals surface area contributed by atoms with E-state index in [1.807, 2.05) is 6.20 Å². The highest BCUT2D eigenvalue weighted by Gasteiger charge is 2.17. The Morgan fingerprint density at radius 1 is 1.26 bits per heavy atom. The van der Waals surface area contributed by atoms with E-state index >= 15 is 0 Å². The van der Waals surface area contributed by atoms with E-state index in [0.717, 1.165) is 5.69 Å². The van der Waals surface area contributed by atoms with Crippen molar-refractivity contribution >= 4 is 29.2 Å². The molecule has 2 heterocycles. The van der Waals surface area contributed by atoms with Crippen molar-refractivity contribution in [1.29, 1.82) is 0 Å². The zero-order chi connectivity index (χ0) is 19.2. The van der Waals surface area contributed by atoms with Crippen LogP contribution >= 0.6 is 11.6 Å². The average molecular weight is 388 g/mol. The number of rotatable bonds is 7. The Hall–Kier alpha value is -2.97. The quantitative estimate of drug-likeness (QED) is 0.622. The highest BCUT2D eigenvalue weighted by molar-refractivity contribution is 6.33. The molecule has 3 aromatic rings. The first-order valence-corrected chi connectivity index (χ1v) is 8.49. The van der Waals surface area contributed by atoms with Crippen molar-refractivity contribution in [2.45, 2.75) is 6.54 Å². The normalized spacial score (nSPS) is 10.6. The van der Waals surface area contributed by atoms with Gasteiger partial charge in [-0.3, -0.25) is 4.68 Å². The van der Waals surface area contributed by atoms with Crippen LogP contribution in [0.25, 0.3) is 11.3 Å². The van der Waals surface area contributed by atoms with E-state index in [1.54, 1.807) is 42.3 Å². The summed E-state index contributed by atoms with van der Waals surface area (Å²) in [5.41, 5.74) is 2.09. The van der Waals surface area contributed by atoms with Crippen molar-refractivity contribution in [3.05, 3.63) is 53.4 Å². The second-order valence-corrected chi connectivity index (χ2v) is 5.94. The predicted octanol–water partition coefficient (Wildman–Crippen LogP) is 3.17. The number of esters is 1. The number of nitrogens with zero attached hydrogens (tertiary/aromatic N) is 4. The lowest BCUT2D eigenvalue weighted by Crippen LogP contribution is -2.05. The number of halogens is 1. The fourth-order valence-corrected chi connectivity index (χ4v) is 2.65. The van der Waals surface area contributed by atoms with Crippen molar-refractivity contribution in [3.63, 3.8) is 0 Å². The number of aromatic nitrogens is 4. The summed E-state index contributed by atoms with van der Waals surface area (Å²) in [6.07, 6.45) is 4.96. The monoisotopic (exact) mass is 387 g/mol. The first-order valence-electron chi connectivity index (χ1n) is 8.11. The molecular formula is C18H18ClN5O3. The minimum absolute atomic E-state index is 0.327. The fourth-order valence-electron chi connectivity index (χ4n) is 2.46. The molecule has 1 aromatic carbocycles. The van der Waals surface area contributed by atoms with Gasteiger partial charge in [-0.2, -0.15) is 5.10 Å². The number of anilines is 2. The molecule has 8 nitrogen and oxygen atoms in total. The number of hydrogen-bond acceptors (Lipinski definition) is 7. The molecule has 3 rings (SSSR count). The molecule has 0 amide bonds. The Bertz CT molecular complexity index is 944. The van der Waals surface area contributed by atoms with Crippen molar-refractivity contribution < 1.29 is 14.3 Å².